The Morgan fingerprint density at radius 3 is 2.91 bits per heavy atom. The highest BCUT2D eigenvalue weighted by Crippen LogP contribution is 2.26. The van der Waals surface area contributed by atoms with Crippen LogP contribution in [0.1, 0.15) is 0 Å². The third-order valence-corrected chi connectivity index (χ3v) is 2.29. The molecule has 0 aliphatic rings. The van der Waals surface area contributed by atoms with Gasteiger partial charge >= 0.3 is 0 Å². The van der Waals surface area contributed by atoms with Crippen molar-refractivity contribution in [2.24, 2.45) is 5.11 Å². The summed E-state index contributed by atoms with van der Waals surface area (Å²) in [6, 6.07) is 7.67. The highest BCUT2D eigenvalue weighted by molar-refractivity contribution is 7.21. The van der Waals surface area contributed by atoms with Crippen LogP contribution in [0.25, 0.3) is 10.2 Å². The van der Waals surface area contributed by atoms with E-state index in [9.17, 15) is 0 Å². The van der Waals surface area contributed by atoms with Crippen LogP contribution >= 0.6 is 11.3 Å². The molecule has 0 unspecified atom stereocenters. The van der Waals surface area contributed by atoms with Gasteiger partial charge in [0, 0.05) is 0 Å². The average molecular weight is 162 g/mol. The summed E-state index contributed by atoms with van der Waals surface area (Å²) in [4.78, 5) is 4.03. The van der Waals surface area contributed by atoms with Crippen LogP contribution in [0.5, 0.6) is 0 Å². The second-order valence-corrected chi connectivity index (χ2v) is 3.07. The van der Waals surface area contributed by atoms with Crippen molar-refractivity contribution in [3.05, 3.63) is 24.3 Å². The molecule has 4 heteroatoms. The smallest absolute Gasteiger partial charge is 0.217 e. The van der Waals surface area contributed by atoms with E-state index in [0.717, 1.165) is 10.2 Å². The molecule has 0 saturated carbocycles. The Hall–Kier alpha value is -1.29. The lowest BCUT2D eigenvalue weighted by Crippen LogP contribution is -1.63. The summed E-state index contributed by atoms with van der Waals surface area (Å²) in [5, 5.41) is 3.42. The maximum Gasteiger partial charge on any atom is 0.232 e. The Morgan fingerprint density at radius 2 is 2.18 bits per heavy atom. The Labute approximate surface area is 67.2 Å². The van der Waals surface area contributed by atoms with Gasteiger partial charge in [-0.2, -0.15) is 0 Å². The number of nitrogens with zero attached hydrogens (tertiary/aromatic N) is 3. The SMILES string of the molecule is [N]=Nc1nc2ccccc2s1. The molecule has 1 radical (unpaired) electrons. The van der Waals surface area contributed by atoms with Crippen LogP contribution in [0.15, 0.2) is 29.4 Å². The van der Waals surface area contributed by atoms with Crippen LogP contribution in [0, 0.1) is 0 Å². The predicted molar refractivity (Wildman–Crippen MR) is 43.8 cm³/mol. The fourth-order valence-electron chi connectivity index (χ4n) is 0.903. The maximum absolute atomic E-state index is 8.41. The first-order chi connectivity index (χ1) is 5.40. The minimum Gasteiger partial charge on any atom is -0.217 e. The lowest BCUT2D eigenvalue weighted by Gasteiger charge is -1.80. The molecule has 0 fully saturated rings. The van der Waals surface area contributed by atoms with Gasteiger partial charge in [0.05, 0.1) is 10.2 Å². The topological polar surface area (TPSA) is 47.5 Å². The fourth-order valence-corrected chi connectivity index (χ4v) is 1.65. The number of aromatic nitrogens is 1. The molecule has 3 nitrogen and oxygen atoms in total. The first-order valence-corrected chi connectivity index (χ1v) is 3.92. The summed E-state index contributed by atoms with van der Waals surface area (Å²) in [6.07, 6.45) is 0. The summed E-state index contributed by atoms with van der Waals surface area (Å²) in [6.45, 7) is 0. The van der Waals surface area contributed by atoms with E-state index in [-0.39, 0.29) is 0 Å². The van der Waals surface area contributed by atoms with Gasteiger partial charge in [-0.15, -0.1) is 0 Å². The number of hydrogen-bond acceptors (Lipinski definition) is 3. The van der Waals surface area contributed by atoms with E-state index < -0.39 is 0 Å². The Bertz CT molecular complexity index is 360. The van der Waals surface area contributed by atoms with E-state index in [2.05, 4.69) is 10.1 Å². The predicted octanol–water partition coefficient (Wildman–Crippen LogP) is 2.18. The zero-order valence-electron chi connectivity index (χ0n) is 5.56. The molecule has 2 aromatic rings. The largest absolute Gasteiger partial charge is 0.232 e. The molecule has 0 N–H and O–H groups in total. The van der Waals surface area contributed by atoms with Crippen molar-refractivity contribution in [3.63, 3.8) is 0 Å². The average Bonchev–Trinajstić information content (AvgIpc) is 2.46. The number of rotatable bonds is 1. The molecule has 0 aliphatic heterocycles. The summed E-state index contributed by atoms with van der Waals surface area (Å²) in [5.74, 6) is 0. The second-order valence-electron chi connectivity index (χ2n) is 2.06. The van der Waals surface area contributed by atoms with Crippen molar-refractivity contribution in [1.82, 2.24) is 10.5 Å². The van der Waals surface area contributed by atoms with Crippen LogP contribution in [0.2, 0.25) is 0 Å². The van der Waals surface area contributed by atoms with Crippen LogP contribution < -0.4 is 5.53 Å². The summed E-state index contributed by atoms with van der Waals surface area (Å²) in [7, 11) is 0. The van der Waals surface area contributed by atoms with Crippen LogP contribution in [0.3, 0.4) is 0 Å². The van der Waals surface area contributed by atoms with E-state index in [0.29, 0.717) is 5.13 Å². The molecule has 11 heavy (non-hydrogen) atoms. The fraction of sp³-hybridized carbons (Fsp3) is 0. The third kappa shape index (κ3) is 1.01. The summed E-state index contributed by atoms with van der Waals surface area (Å²) >= 11 is 1.37. The molecule has 1 heterocycles. The van der Waals surface area contributed by atoms with Crippen molar-refractivity contribution in [2.75, 3.05) is 0 Å². The molecule has 53 valence electrons. The van der Waals surface area contributed by atoms with Gasteiger partial charge in [0.1, 0.15) is 0 Å². The molecule has 0 bridgehead atoms. The molecular formula is C7H4N3S. The monoisotopic (exact) mass is 162 g/mol. The summed E-state index contributed by atoms with van der Waals surface area (Å²) in [5.41, 5.74) is 9.29. The maximum atomic E-state index is 8.41. The zero-order chi connectivity index (χ0) is 7.68. The number of hydrogen-bond donors (Lipinski definition) is 0. The zero-order valence-corrected chi connectivity index (χ0v) is 6.38. The van der Waals surface area contributed by atoms with Crippen molar-refractivity contribution in [3.8, 4) is 0 Å². The first-order valence-electron chi connectivity index (χ1n) is 3.11. The Balaban J connectivity index is 2.78. The van der Waals surface area contributed by atoms with E-state index in [1.54, 1.807) is 0 Å². The number of fused-ring (bicyclic) bond motifs is 1. The number of benzene rings is 1. The summed E-state index contributed by atoms with van der Waals surface area (Å²) < 4.78 is 1.04. The normalized spacial score (nSPS) is 10.2. The van der Waals surface area contributed by atoms with Crippen molar-refractivity contribution < 1.29 is 0 Å². The highest BCUT2D eigenvalue weighted by Gasteiger charge is 1.99. The Morgan fingerprint density at radius 1 is 1.36 bits per heavy atom. The lowest BCUT2D eigenvalue weighted by molar-refractivity contribution is 1.26. The molecule has 0 saturated heterocycles. The van der Waals surface area contributed by atoms with Gasteiger partial charge in [0.15, 0.2) is 0 Å². The van der Waals surface area contributed by atoms with Crippen molar-refractivity contribution >= 4 is 26.7 Å². The number of para-hydroxylation sites is 1. The minimum atomic E-state index is 0.409. The van der Waals surface area contributed by atoms with E-state index in [1.807, 2.05) is 24.3 Å². The van der Waals surface area contributed by atoms with Crippen LogP contribution in [0.4, 0.5) is 5.13 Å². The first kappa shape index (κ1) is 6.42. The molecular weight excluding hydrogens is 158 g/mol. The van der Waals surface area contributed by atoms with Gasteiger partial charge in [-0.25, -0.2) is 4.98 Å². The van der Waals surface area contributed by atoms with Crippen LogP contribution in [-0.2, 0) is 0 Å². The van der Waals surface area contributed by atoms with Crippen molar-refractivity contribution in [1.29, 1.82) is 0 Å². The van der Waals surface area contributed by atoms with E-state index >= 15 is 0 Å². The van der Waals surface area contributed by atoms with Gasteiger partial charge < -0.3 is 0 Å². The van der Waals surface area contributed by atoms with Gasteiger partial charge in [-0.05, 0) is 17.7 Å². The Kier molecular flexibility index (Phi) is 1.40. The lowest BCUT2D eigenvalue weighted by atomic mass is 10.3. The standard InChI is InChI=1S/C7H4N3S/c8-10-7-9-5-3-1-2-4-6(5)11-7/h1-4H. The molecule has 0 aliphatic carbocycles. The second kappa shape index (κ2) is 2.39. The third-order valence-electron chi connectivity index (χ3n) is 1.37. The van der Waals surface area contributed by atoms with Gasteiger partial charge in [0.2, 0.25) is 5.13 Å². The highest BCUT2D eigenvalue weighted by atomic mass is 32.1. The van der Waals surface area contributed by atoms with E-state index in [4.69, 9.17) is 5.53 Å². The number of thiazole rings is 1. The van der Waals surface area contributed by atoms with Gasteiger partial charge in [-0.1, -0.05) is 28.6 Å². The molecule has 0 atom stereocenters. The van der Waals surface area contributed by atoms with Gasteiger partial charge in [-0.3, -0.25) is 0 Å². The molecule has 1 aromatic heterocycles. The van der Waals surface area contributed by atoms with Gasteiger partial charge in [0.25, 0.3) is 0 Å². The van der Waals surface area contributed by atoms with E-state index in [1.165, 1.54) is 11.3 Å². The molecule has 0 spiro atoms. The molecule has 2 rings (SSSR count). The molecule has 1 aromatic carbocycles. The quantitative estimate of drug-likeness (QED) is 0.593. The molecule has 0 amide bonds. The van der Waals surface area contributed by atoms with Crippen LogP contribution in [-0.4, -0.2) is 4.98 Å². The minimum absolute atomic E-state index is 0.409. The van der Waals surface area contributed by atoms with Crippen molar-refractivity contribution in [2.45, 2.75) is 0 Å².